The molecule has 0 fully saturated rings. The third-order valence-electron chi connectivity index (χ3n) is 6.41. The number of carbonyl (C=O) groups excluding carboxylic acids is 1. The van der Waals surface area contributed by atoms with E-state index in [1.54, 1.807) is 12.1 Å². The number of benzene rings is 3. The summed E-state index contributed by atoms with van der Waals surface area (Å²) in [6.07, 6.45) is 3.11. The minimum absolute atomic E-state index is 0.176. The third kappa shape index (κ3) is 4.14. The second-order valence-corrected chi connectivity index (χ2v) is 10.6. The Morgan fingerprint density at radius 1 is 0.853 bits per heavy atom. The van der Waals surface area contributed by atoms with Crippen LogP contribution in [0.3, 0.4) is 0 Å². The highest BCUT2D eigenvalue weighted by Gasteiger charge is 2.28. The van der Waals surface area contributed by atoms with Crippen LogP contribution in [0.2, 0.25) is 0 Å². The Kier molecular flexibility index (Phi) is 6.00. The third-order valence-corrected chi connectivity index (χ3v) is 8.14. The van der Waals surface area contributed by atoms with Crippen molar-refractivity contribution in [3.8, 4) is 11.3 Å². The van der Waals surface area contributed by atoms with Crippen LogP contribution in [0.1, 0.15) is 36.0 Å². The molecule has 1 aliphatic heterocycles. The molecule has 3 aromatic carbocycles. The first-order valence-corrected chi connectivity index (χ1v) is 13.1. The van der Waals surface area contributed by atoms with Crippen LogP contribution in [-0.4, -0.2) is 25.0 Å². The lowest BCUT2D eigenvalue weighted by Crippen LogP contribution is -2.14. The molecule has 2 heterocycles. The van der Waals surface area contributed by atoms with E-state index in [9.17, 15) is 13.2 Å². The molecule has 5 rings (SSSR count). The van der Waals surface area contributed by atoms with Crippen molar-refractivity contribution in [3.63, 3.8) is 0 Å². The zero-order chi connectivity index (χ0) is 23.7. The molecule has 0 saturated heterocycles. The Balaban J connectivity index is 1.80. The zero-order valence-corrected chi connectivity index (χ0v) is 20.0. The molecule has 6 heteroatoms. The van der Waals surface area contributed by atoms with Gasteiger partial charge in [-0.15, -0.1) is 0 Å². The largest absolute Gasteiger partial charge is 0.465 e. The number of fused-ring (bicyclic) bond motifs is 1. The van der Waals surface area contributed by atoms with Crippen LogP contribution in [0.5, 0.6) is 0 Å². The molecular weight excluding hydrogens is 446 g/mol. The first-order chi connectivity index (χ1) is 16.4. The summed E-state index contributed by atoms with van der Waals surface area (Å²) in [5.41, 5.74) is 5.27. The van der Waals surface area contributed by atoms with Gasteiger partial charge in [-0.2, -0.15) is 0 Å². The average molecular weight is 474 g/mol. The molecule has 1 aliphatic rings. The average Bonchev–Trinajstić information content (AvgIpc) is 3.16. The predicted molar refractivity (Wildman–Crippen MR) is 133 cm³/mol. The maximum Gasteiger partial charge on any atom is 0.305 e. The van der Waals surface area contributed by atoms with Crippen molar-refractivity contribution in [3.05, 3.63) is 89.5 Å². The molecule has 0 amide bonds. The maximum absolute atomic E-state index is 14.1. The van der Waals surface area contributed by atoms with E-state index in [0.29, 0.717) is 43.5 Å². The Hall–Kier alpha value is -3.38. The SMILES string of the molecule is Cc1ccc(S(=O)(=O)n2c(-c3ccccc3)c3c4cc(ccc42)CCOC(=O)CCCC3)cc1. The Morgan fingerprint density at radius 2 is 1.59 bits per heavy atom. The minimum Gasteiger partial charge on any atom is -0.465 e. The summed E-state index contributed by atoms with van der Waals surface area (Å²) in [6.45, 7) is 2.27. The molecule has 0 aliphatic carbocycles. The Bertz CT molecular complexity index is 1450. The smallest absolute Gasteiger partial charge is 0.305 e. The standard InChI is InChI=1S/C28H27NO4S/c1-20-11-14-23(15-12-20)34(31,32)29-26-16-13-21-17-18-33-27(30)10-6-5-9-24(25(26)19-21)28(29)22-7-3-2-4-8-22/h2-4,7-8,11-16,19H,5-6,9-10,17-18H2,1H3. The molecule has 4 aromatic rings. The normalized spacial score (nSPS) is 15.0. The van der Waals surface area contributed by atoms with Gasteiger partial charge < -0.3 is 4.74 Å². The number of aryl methyl sites for hydroxylation is 2. The van der Waals surface area contributed by atoms with Crippen LogP contribution in [-0.2, 0) is 32.4 Å². The molecule has 0 spiro atoms. The van der Waals surface area contributed by atoms with Crippen LogP contribution in [0.25, 0.3) is 22.2 Å². The fourth-order valence-electron chi connectivity index (χ4n) is 4.66. The van der Waals surface area contributed by atoms with Crippen molar-refractivity contribution in [1.29, 1.82) is 0 Å². The van der Waals surface area contributed by atoms with Gasteiger partial charge in [-0.3, -0.25) is 4.79 Å². The van der Waals surface area contributed by atoms with Crippen LogP contribution < -0.4 is 0 Å². The van der Waals surface area contributed by atoms with E-state index < -0.39 is 10.0 Å². The zero-order valence-electron chi connectivity index (χ0n) is 19.2. The minimum atomic E-state index is -3.85. The number of ether oxygens (including phenoxy) is 1. The van der Waals surface area contributed by atoms with Gasteiger partial charge in [0.05, 0.1) is 22.7 Å². The second kappa shape index (κ2) is 9.11. The van der Waals surface area contributed by atoms with E-state index in [1.165, 1.54) is 3.97 Å². The van der Waals surface area contributed by atoms with Gasteiger partial charge in [0.2, 0.25) is 0 Å². The lowest BCUT2D eigenvalue weighted by Gasteiger charge is -2.14. The van der Waals surface area contributed by atoms with E-state index in [2.05, 4.69) is 6.07 Å². The first-order valence-electron chi connectivity index (χ1n) is 11.6. The van der Waals surface area contributed by atoms with E-state index >= 15 is 0 Å². The summed E-state index contributed by atoms with van der Waals surface area (Å²) in [7, 11) is -3.85. The van der Waals surface area contributed by atoms with Crippen molar-refractivity contribution in [2.75, 3.05) is 6.61 Å². The Morgan fingerprint density at radius 3 is 2.35 bits per heavy atom. The number of hydrogen-bond donors (Lipinski definition) is 0. The van der Waals surface area contributed by atoms with Crippen LogP contribution >= 0.6 is 0 Å². The van der Waals surface area contributed by atoms with Crippen molar-refractivity contribution in [2.24, 2.45) is 0 Å². The second-order valence-electron chi connectivity index (χ2n) is 8.80. The van der Waals surface area contributed by atoms with Crippen LogP contribution in [0.15, 0.2) is 77.7 Å². The van der Waals surface area contributed by atoms with Gasteiger partial charge in [0.15, 0.2) is 0 Å². The van der Waals surface area contributed by atoms with Crippen molar-refractivity contribution in [2.45, 2.75) is 43.9 Å². The number of hydrogen-bond acceptors (Lipinski definition) is 4. The van der Waals surface area contributed by atoms with Crippen LogP contribution in [0.4, 0.5) is 0 Å². The van der Waals surface area contributed by atoms with Crippen molar-refractivity contribution >= 4 is 26.9 Å². The van der Waals surface area contributed by atoms with Gasteiger partial charge >= 0.3 is 5.97 Å². The number of esters is 1. The molecule has 0 unspecified atom stereocenters. The highest BCUT2D eigenvalue weighted by molar-refractivity contribution is 7.90. The highest BCUT2D eigenvalue weighted by atomic mass is 32.2. The van der Waals surface area contributed by atoms with E-state index in [4.69, 9.17) is 4.74 Å². The van der Waals surface area contributed by atoms with Gasteiger partial charge in [0, 0.05) is 18.2 Å². The molecule has 1 aromatic heterocycles. The van der Waals surface area contributed by atoms with E-state index in [-0.39, 0.29) is 10.9 Å². The van der Waals surface area contributed by atoms with Gasteiger partial charge in [-0.25, -0.2) is 12.4 Å². The quantitative estimate of drug-likeness (QED) is 0.360. The fraction of sp³-hybridized carbons (Fsp3) is 0.250. The topological polar surface area (TPSA) is 65.4 Å². The molecule has 0 atom stereocenters. The van der Waals surface area contributed by atoms with Gasteiger partial charge in [-0.05, 0) is 67.1 Å². The molecule has 0 saturated carbocycles. The number of nitrogens with zero attached hydrogens (tertiary/aromatic N) is 1. The molecule has 2 bridgehead atoms. The van der Waals surface area contributed by atoms with Crippen LogP contribution in [0, 0.1) is 6.92 Å². The van der Waals surface area contributed by atoms with Crippen molar-refractivity contribution < 1.29 is 17.9 Å². The molecule has 0 radical (unpaired) electrons. The molecular formula is C28H27NO4S. The molecule has 5 nitrogen and oxygen atoms in total. The number of carbonyl (C=O) groups is 1. The lowest BCUT2D eigenvalue weighted by atomic mass is 9.98. The highest BCUT2D eigenvalue weighted by Crippen LogP contribution is 2.38. The first kappa shape index (κ1) is 22.4. The van der Waals surface area contributed by atoms with Crippen molar-refractivity contribution in [1.82, 2.24) is 3.97 Å². The Labute approximate surface area is 200 Å². The summed E-state index contributed by atoms with van der Waals surface area (Å²) in [6, 6.07) is 22.6. The molecule has 0 N–H and O–H groups in total. The van der Waals surface area contributed by atoms with E-state index in [0.717, 1.165) is 34.1 Å². The summed E-state index contributed by atoms with van der Waals surface area (Å²) in [4.78, 5) is 12.3. The summed E-state index contributed by atoms with van der Waals surface area (Å²) >= 11 is 0. The summed E-state index contributed by atoms with van der Waals surface area (Å²) < 4.78 is 35.0. The maximum atomic E-state index is 14.1. The summed E-state index contributed by atoms with van der Waals surface area (Å²) in [5.74, 6) is -0.176. The number of cyclic esters (lactones) is 1. The van der Waals surface area contributed by atoms with Gasteiger partial charge in [-0.1, -0.05) is 54.1 Å². The number of aromatic nitrogens is 1. The van der Waals surface area contributed by atoms with Gasteiger partial charge in [0.25, 0.3) is 10.0 Å². The predicted octanol–water partition coefficient (Wildman–Crippen LogP) is 5.67. The van der Waals surface area contributed by atoms with E-state index in [1.807, 2.05) is 61.5 Å². The fourth-order valence-corrected chi connectivity index (χ4v) is 6.22. The lowest BCUT2D eigenvalue weighted by molar-refractivity contribution is -0.143. The molecule has 174 valence electrons. The van der Waals surface area contributed by atoms with Gasteiger partial charge in [0.1, 0.15) is 0 Å². The number of rotatable bonds is 3. The summed E-state index contributed by atoms with van der Waals surface area (Å²) in [5, 5.41) is 0.943. The molecule has 34 heavy (non-hydrogen) atoms. The monoisotopic (exact) mass is 473 g/mol.